The van der Waals surface area contributed by atoms with Crippen LogP contribution in [-0.2, 0) is 4.79 Å². The van der Waals surface area contributed by atoms with Gasteiger partial charge in [0.2, 0.25) is 11.8 Å². The minimum Gasteiger partial charge on any atom is -0.480 e. The van der Waals surface area contributed by atoms with Crippen LogP contribution >= 0.6 is 11.5 Å². The van der Waals surface area contributed by atoms with Crippen LogP contribution in [0.3, 0.4) is 0 Å². The minimum atomic E-state index is -0.128. The highest BCUT2D eigenvalue weighted by molar-refractivity contribution is 7.04. The highest BCUT2D eigenvalue weighted by Gasteiger charge is 2.22. The fraction of sp³-hybridized carbons (Fsp3) is 0.583. The quantitative estimate of drug-likeness (QED) is 0.803. The Bertz CT molecular complexity index is 475. The van der Waals surface area contributed by atoms with Crippen LogP contribution in [0.4, 0.5) is 0 Å². The first kappa shape index (κ1) is 13.8. The first-order valence-corrected chi connectivity index (χ1v) is 6.98. The maximum atomic E-state index is 12.2. The van der Waals surface area contributed by atoms with Gasteiger partial charge in [0, 0.05) is 38.5 Å². The molecule has 7 heteroatoms. The summed E-state index contributed by atoms with van der Waals surface area (Å²) in [6.45, 7) is 1.90. The molecule has 6 nitrogen and oxygen atoms in total. The fourth-order valence-electron chi connectivity index (χ4n) is 2.03. The molecule has 1 aromatic rings. The molecule has 19 heavy (non-hydrogen) atoms. The first-order valence-electron chi connectivity index (χ1n) is 6.15. The highest BCUT2D eigenvalue weighted by Crippen LogP contribution is 2.20. The smallest absolute Gasteiger partial charge is 0.260 e. The topological polar surface area (TPSA) is 62.7 Å². The van der Waals surface area contributed by atoms with Gasteiger partial charge in [0.1, 0.15) is 5.56 Å². The summed E-state index contributed by atoms with van der Waals surface area (Å²) in [5.41, 5.74) is 0.475. The minimum absolute atomic E-state index is 0.128. The van der Waals surface area contributed by atoms with E-state index < -0.39 is 0 Å². The standard InChI is InChI=1S/C12H17N3O3S/c1-14(6-7-15-5-3-4-10(15)16)12(17)9-8-19-13-11(9)18-2/h8H,3-7H2,1-2H3. The third kappa shape index (κ3) is 3.04. The predicted molar refractivity (Wildman–Crippen MR) is 71.4 cm³/mol. The van der Waals surface area contributed by atoms with E-state index in [4.69, 9.17) is 4.74 Å². The monoisotopic (exact) mass is 283 g/mol. The van der Waals surface area contributed by atoms with Crippen LogP contribution in [0.2, 0.25) is 0 Å². The van der Waals surface area contributed by atoms with Crippen LogP contribution in [0, 0.1) is 0 Å². The van der Waals surface area contributed by atoms with Gasteiger partial charge in [0.15, 0.2) is 0 Å². The molecular weight excluding hydrogens is 266 g/mol. The van der Waals surface area contributed by atoms with Crippen molar-refractivity contribution in [3.63, 3.8) is 0 Å². The Hall–Kier alpha value is -1.63. The van der Waals surface area contributed by atoms with Crippen molar-refractivity contribution in [1.82, 2.24) is 14.2 Å². The number of rotatable bonds is 5. The number of hydrogen-bond donors (Lipinski definition) is 0. The van der Waals surface area contributed by atoms with E-state index in [1.807, 2.05) is 0 Å². The zero-order valence-corrected chi connectivity index (χ0v) is 11.9. The summed E-state index contributed by atoms with van der Waals surface area (Å²) < 4.78 is 9.03. The molecule has 0 spiro atoms. The zero-order chi connectivity index (χ0) is 13.8. The molecule has 0 unspecified atom stereocenters. The number of amides is 2. The predicted octanol–water partition coefficient (Wildman–Crippen LogP) is 0.846. The number of nitrogens with zero attached hydrogens (tertiary/aromatic N) is 3. The Morgan fingerprint density at radius 3 is 3.05 bits per heavy atom. The van der Waals surface area contributed by atoms with Crippen molar-refractivity contribution in [2.45, 2.75) is 12.8 Å². The zero-order valence-electron chi connectivity index (χ0n) is 11.1. The molecule has 0 aromatic carbocycles. The number of carbonyl (C=O) groups is 2. The second-order valence-electron chi connectivity index (χ2n) is 4.45. The van der Waals surface area contributed by atoms with Gasteiger partial charge >= 0.3 is 0 Å². The molecule has 0 N–H and O–H groups in total. The van der Waals surface area contributed by atoms with Crippen LogP contribution in [0.25, 0.3) is 0 Å². The molecule has 1 aliphatic rings. The maximum absolute atomic E-state index is 12.2. The number of likely N-dealkylation sites (N-methyl/N-ethyl adjacent to an activating group) is 1. The Balaban J connectivity index is 1.90. The van der Waals surface area contributed by atoms with Gasteiger partial charge in [-0.1, -0.05) is 0 Å². The van der Waals surface area contributed by atoms with E-state index in [0.717, 1.165) is 13.0 Å². The van der Waals surface area contributed by atoms with Crippen molar-refractivity contribution >= 4 is 23.3 Å². The summed E-state index contributed by atoms with van der Waals surface area (Å²) >= 11 is 1.19. The van der Waals surface area contributed by atoms with Crippen molar-refractivity contribution in [2.75, 3.05) is 33.8 Å². The number of aromatic nitrogens is 1. The Labute approximate surface area is 116 Å². The average molecular weight is 283 g/mol. The van der Waals surface area contributed by atoms with Crippen molar-refractivity contribution in [3.8, 4) is 5.88 Å². The molecular formula is C12H17N3O3S. The molecule has 2 amide bonds. The summed E-state index contributed by atoms with van der Waals surface area (Å²) in [6, 6.07) is 0. The van der Waals surface area contributed by atoms with Crippen LogP contribution < -0.4 is 4.74 Å². The third-order valence-corrected chi connectivity index (χ3v) is 3.80. The second kappa shape index (κ2) is 6.01. The van der Waals surface area contributed by atoms with Gasteiger partial charge in [-0.15, -0.1) is 0 Å². The third-order valence-electron chi connectivity index (χ3n) is 3.18. The Morgan fingerprint density at radius 1 is 1.63 bits per heavy atom. The normalized spacial score (nSPS) is 14.8. The summed E-state index contributed by atoms with van der Waals surface area (Å²) in [5, 5.41) is 1.68. The number of ether oxygens (including phenoxy) is 1. The van der Waals surface area contributed by atoms with Crippen LogP contribution in [0.5, 0.6) is 5.88 Å². The van der Waals surface area contributed by atoms with Crippen LogP contribution in [0.15, 0.2) is 5.38 Å². The van der Waals surface area contributed by atoms with Gasteiger partial charge in [-0.2, -0.15) is 4.37 Å². The van der Waals surface area contributed by atoms with Crippen LogP contribution in [-0.4, -0.2) is 59.8 Å². The molecule has 0 saturated carbocycles. The van der Waals surface area contributed by atoms with Gasteiger partial charge in [-0.25, -0.2) is 0 Å². The number of hydrogen-bond acceptors (Lipinski definition) is 5. The van der Waals surface area contributed by atoms with E-state index in [-0.39, 0.29) is 11.8 Å². The first-order chi connectivity index (χ1) is 9.13. The van der Waals surface area contributed by atoms with Gasteiger partial charge < -0.3 is 14.5 Å². The molecule has 0 aliphatic carbocycles. The van der Waals surface area contributed by atoms with Crippen molar-refractivity contribution in [2.24, 2.45) is 0 Å². The lowest BCUT2D eigenvalue weighted by atomic mass is 10.3. The molecule has 104 valence electrons. The molecule has 0 atom stereocenters. The SMILES string of the molecule is COc1nscc1C(=O)N(C)CCN1CCCC1=O. The number of carbonyl (C=O) groups excluding carboxylic acids is 2. The largest absolute Gasteiger partial charge is 0.480 e. The van der Waals surface area contributed by atoms with Gasteiger partial charge in [0.25, 0.3) is 5.91 Å². The average Bonchev–Trinajstić information content (AvgIpc) is 3.03. The molecule has 1 aliphatic heterocycles. The lowest BCUT2D eigenvalue weighted by molar-refractivity contribution is -0.127. The van der Waals surface area contributed by atoms with Gasteiger partial charge in [0.05, 0.1) is 7.11 Å². The van der Waals surface area contributed by atoms with Crippen LogP contribution in [0.1, 0.15) is 23.2 Å². The van der Waals surface area contributed by atoms with Crippen molar-refractivity contribution in [1.29, 1.82) is 0 Å². The fourth-order valence-corrected chi connectivity index (χ4v) is 2.66. The number of likely N-dealkylation sites (tertiary alicyclic amines) is 1. The maximum Gasteiger partial charge on any atom is 0.260 e. The molecule has 0 radical (unpaired) electrons. The molecule has 1 aromatic heterocycles. The lowest BCUT2D eigenvalue weighted by Crippen LogP contribution is -2.36. The molecule has 1 fully saturated rings. The summed E-state index contributed by atoms with van der Waals surface area (Å²) in [6.07, 6.45) is 1.54. The van der Waals surface area contributed by atoms with E-state index in [1.54, 1.807) is 22.2 Å². The molecule has 0 bridgehead atoms. The summed E-state index contributed by atoms with van der Waals surface area (Å²) in [4.78, 5) is 27.1. The van der Waals surface area contributed by atoms with E-state index in [2.05, 4.69) is 4.37 Å². The van der Waals surface area contributed by atoms with Gasteiger partial charge in [-0.05, 0) is 18.0 Å². The van der Waals surface area contributed by atoms with E-state index in [9.17, 15) is 9.59 Å². The van der Waals surface area contributed by atoms with E-state index >= 15 is 0 Å². The molecule has 2 heterocycles. The van der Waals surface area contributed by atoms with Crippen molar-refractivity contribution < 1.29 is 14.3 Å². The van der Waals surface area contributed by atoms with Gasteiger partial charge in [-0.3, -0.25) is 9.59 Å². The Kier molecular flexibility index (Phi) is 4.36. The molecule has 2 rings (SSSR count). The number of methoxy groups -OCH3 is 1. The highest BCUT2D eigenvalue weighted by atomic mass is 32.1. The van der Waals surface area contributed by atoms with Crippen molar-refractivity contribution in [3.05, 3.63) is 10.9 Å². The lowest BCUT2D eigenvalue weighted by Gasteiger charge is -2.21. The second-order valence-corrected chi connectivity index (χ2v) is 5.08. The molecule has 1 saturated heterocycles. The Morgan fingerprint density at radius 2 is 2.42 bits per heavy atom. The van der Waals surface area contributed by atoms with E-state index in [0.29, 0.717) is 31.0 Å². The summed E-state index contributed by atoms with van der Waals surface area (Å²) in [7, 11) is 3.22. The summed E-state index contributed by atoms with van der Waals surface area (Å²) in [5.74, 6) is 0.409. The van der Waals surface area contributed by atoms with E-state index in [1.165, 1.54) is 18.6 Å².